The van der Waals surface area contributed by atoms with Crippen LogP contribution in [0.5, 0.6) is 0 Å². The van der Waals surface area contributed by atoms with E-state index in [1.807, 2.05) is 13.8 Å². The Morgan fingerprint density at radius 2 is 2.17 bits per heavy atom. The Labute approximate surface area is 111 Å². The second-order valence-corrected chi connectivity index (χ2v) is 5.22. The molecule has 0 aromatic rings. The predicted molar refractivity (Wildman–Crippen MR) is 73.5 cm³/mol. The van der Waals surface area contributed by atoms with Crippen molar-refractivity contribution >= 4 is 5.97 Å². The van der Waals surface area contributed by atoms with Crippen LogP contribution in [0.2, 0.25) is 0 Å². The molecule has 1 fully saturated rings. The molecule has 0 spiro atoms. The van der Waals surface area contributed by atoms with E-state index in [2.05, 4.69) is 24.1 Å². The van der Waals surface area contributed by atoms with Gasteiger partial charge in [-0.05, 0) is 52.6 Å². The summed E-state index contributed by atoms with van der Waals surface area (Å²) in [5.74, 6) is 0.489. The summed E-state index contributed by atoms with van der Waals surface area (Å²) in [7, 11) is 0. The number of hydrogen-bond acceptors (Lipinski definition) is 4. The summed E-state index contributed by atoms with van der Waals surface area (Å²) in [6.07, 6.45) is 2.51. The monoisotopic (exact) mass is 256 g/mol. The van der Waals surface area contributed by atoms with Crippen LogP contribution in [-0.2, 0) is 9.53 Å². The lowest BCUT2D eigenvalue weighted by atomic mass is 9.91. The molecule has 18 heavy (non-hydrogen) atoms. The van der Waals surface area contributed by atoms with Crippen molar-refractivity contribution in [1.29, 1.82) is 0 Å². The van der Waals surface area contributed by atoms with Crippen molar-refractivity contribution in [2.45, 2.75) is 52.6 Å². The summed E-state index contributed by atoms with van der Waals surface area (Å²) >= 11 is 0. The van der Waals surface area contributed by atoms with Crippen molar-refractivity contribution in [2.24, 2.45) is 5.92 Å². The van der Waals surface area contributed by atoms with E-state index in [1.54, 1.807) is 0 Å². The SMILES string of the molecule is CCOC(=O)C(C)NC(C)C1CCCN(CC)C1. The molecule has 0 aromatic carbocycles. The first-order valence-electron chi connectivity index (χ1n) is 7.23. The van der Waals surface area contributed by atoms with Gasteiger partial charge in [0.25, 0.3) is 0 Å². The van der Waals surface area contributed by atoms with Crippen LogP contribution in [0.4, 0.5) is 0 Å². The zero-order chi connectivity index (χ0) is 13.5. The maximum absolute atomic E-state index is 11.6. The third-order valence-corrected chi connectivity index (χ3v) is 3.85. The Hall–Kier alpha value is -0.610. The largest absolute Gasteiger partial charge is 0.465 e. The van der Waals surface area contributed by atoms with Crippen LogP contribution < -0.4 is 5.32 Å². The molecule has 0 radical (unpaired) electrons. The third-order valence-electron chi connectivity index (χ3n) is 3.85. The fourth-order valence-electron chi connectivity index (χ4n) is 2.65. The minimum absolute atomic E-state index is 0.146. The predicted octanol–water partition coefficient (Wildman–Crippen LogP) is 1.65. The van der Waals surface area contributed by atoms with E-state index in [-0.39, 0.29) is 12.0 Å². The van der Waals surface area contributed by atoms with Crippen LogP contribution >= 0.6 is 0 Å². The number of carbonyl (C=O) groups excluding carboxylic acids is 1. The van der Waals surface area contributed by atoms with Crippen molar-refractivity contribution in [3.8, 4) is 0 Å². The van der Waals surface area contributed by atoms with Gasteiger partial charge in [-0.25, -0.2) is 0 Å². The fraction of sp³-hybridized carbons (Fsp3) is 0.929. The van der Waals surface area contributed by atoms with Crippen LogP contribution in [0.15, 0.2) is 0 Å². The van der Waals surface area contributed by atoms with Crippen LogP contribution in [0, 0.1) is 5.92 Å². The highest BCUT2D eigenvalue weighted by Gasteiger charge is 2.26. The van der Waals surface area contributed by atoms with Gasteiger partial charge in [0.05, 0.1) is 6.61 Å². The Balaban J connectivity index is 2.39. The fourth-order valence-corrected chi connectivity index (χ4v) is 2.65. The van der Waals surface area contributed by atoms with Gasteiger partial charge >= 0.3 is 5.97 Å². The molecule has 1 aliphatic rings. The molecule has 1 saturated heterocycles. The van der Waals surface area contributed by atoms with Crippen molar-refractivity contribution in [1.82, 2.24) is 10.2 Å². The molecule has 0 amide bonds. The van der Waals surface area contributed by atoms with Gasteiger partial charge in [0.15, 0.2) is 0 Å². The number of nitrogens with one attached hydrogen (secondary N) is 1. The summed E-state index contributed by atoms with van der Waals surface area (Å²) in [5, 5.41) is 3.38. The third kappa shape index (κ3) is 4.58. The number of hydrogen-bond donors (Lipinski definition) is 1. The van der Waals surface area contributed by atoms with Gasteiger partial charge in [0, 0.05) is 12.6 Å². The Bertz CT molecular complexity index is 258. The van der Waals surface area contributed by atoms with E-state index < -0.39 is 0 Å². The highest BCUT2D eigenvalue weighted by molar-refractivity contribution is 5.75. The standard InChI is InChI=1S/C14H28N2O2/c1-5-16-9-7-8-13(10-16)11(3)15-12(4)14(17)18-6-2/h11-13,15H,5-10H2,1-4H3. The van der Waals surface area contributed by atoms with E-state index in [0.717, 1.165) is 13.1 Å². The molecule has 1 N–H and O–H groups in total. The molecule has 0 aromatic heterocycles. The topological polar surface area (TPSA) is 41.6 Å². The first-order chi connectivity index (χ1) is 8.58. The smallest absolute Gasteiger partial charge is 0.322 e. The number of likely N-dealkylation sites (tertiary alicyclic amines) is 1. The second kappa shape index (κ2) is 7.74. The van der Waals surface area contributed by atoms with E-state index in [1.165, 1.54) is 19.4 Å². The van der Waals surface area contributed by atoms with E-state index in [0.29, 0.717) is 18.6 Å². The van der Waals surface area contributed by atoms with Gasteiger partial charge in [-0.15, -0.1) is 0 Å². The zero-order valence-corrected chi connectivity index (χ0v) is 12.2. The van der Waals surface area contributed by atoms with Crippen molar-refractivity contribution in [3.05, 3.63) is 0 Å². The number of nitrogens with zero attached hydrogens (tertiary/aromatic N) is 1. The number of carbonyl (C=O) groups is 1. The highest BCUT2D eigenvalue weighted by atomic mass is 16.5. The van der Waals surface area contributed by atoms with Crippen molar-refractivity contribution in [2.75, 3.05) is 26.2 Å². The van der Waals surface area contributed by atoms with Crippen LogP contribution in [0.25, 0.3) is 0 Å². The minimum atomic E-state index is -0.211. The molecular formula is C14H28N2O2. The average Bonchev–Trinajstić information content (AvgIpc) is 2.39. The van der Waals surface area contributed by atoms with Crippen molar-refractivity contribution < 1.29 is 9.53 Å². The zero-order valence-electron chi connectivity index (χ0n) is 12.2. The molecule has 106 valence electrons. The first-order valence-corrected chi connectivity index (χ1v) is 7.23. The Morgan fingerprint density at radius 3 is 2.78 bits per heavy atom. The summed E-state index contributed by atoms with van der Waals surface area (Å²) in [6, 6.07) is 0.149. The number of esters is 1. The summed E-state index contributed by atoms with van der Waals surface area (Å²) in [4.78, 5) is 14.1. The first kappa shape index (κ1) is 15.4. The molecule has 0 saturated carbocycles. The van der Waals surface area contributed by atoms with Crippen LogP contribution in [0.3, 0.4) is 0 Å². The number of rotatable bonds is 6. The molecule has 1 heterocycles. The number of piperidine rings is 1. The molecule has 3 unspecified atom stereocenters. The highest BCUT2D eigenvalue weighted by Crippen LogP contribution is 2.19. The Kier molecular flexibility index (Phi) is 6.65. The molecule has 3 atom stereocenters. The summed E-state index contributed by atoms with van der Waals surface area (Å²) in [5.41, 5.74) is 0. The van der Waals surface area contributed by atoms with Crippen LogP contribution in [-0.4, -0.2) is 49.2 Å². The molecule has 4 heteroatoms. The van der Waals surface area contributed by atoms with E-state index >= 15 is 0 Å². The van der Waals surface area contributed by atoms with Crippen molar-refractivity contribution in [3.63, 3.8) is 0 Å². The van der Waals surface area contributed by atoms with Gasteiger partial charge < -0.3 is 15.0 Å². The lowest BCUT2D eigenvalue weighted by Crippen LogP contribution is -2.49. The lowest BCUT2D eigenvalue weighted by molar-refractivity contribution is -0.145. The summed E-state index contributed by atoms with van der Waals surface area (Å²) in [6.45, 7) is 12.0. The van der Waals surface area contributed by atoms with Gasteiger partial charge in [0.2, 0.25) is 0 Å². The molecule has 1 aliphatic heterocycles. The van der Waals surface area contributed by atoms with Gasteiger partial charge in [0.1, 0.15) is 6.04 Å². The van der Waals surface area contributed by atoms with Gasteiger partial charge in [-0.3, -0.25) is 4.79 Å². The maximum Gasteiger partial charge on any atom is 0.322 e. The molecule has 0 aliphatic carbocycles. The molecule has 4 nitrogen and oxygen atoms in total. The van der Waals surface area contributed by atoms with Crippen LogP contribution in [0.1, 0.15) is 40.5 Å². The molecule has 0 bridgehead atoms. The normalized spacial score (nSPS) is 24.6. The van der Waals surface area contributed by atoms with E-state index in [9.17, 15) is 4.79 Å². The minimum Gasteiger partial charge on any atom is -0.465 e. The second-order valence-electron chi connectivity index (χ2n) is 5.22. The molecular weight excluding hydrogens is 228 g/mol. The quantitative estimate of drug-likeness (QED) is 0.734. The molecule has 1 rings (SSSR count). The van der Waals surface area contributed by atoms with Gasteiger partial charge in [-0.2, -0.15) is 0 Å². The summed E-state index contributed by atoms with van der Waals surface area (Å²) < 4.78 is 5.02. The lowest BCUT2D eigenvalue weighted by Gasteiger charge is -2.36. The number of ether oxygens (including phenoxy) is 1. The maximum atomic E-state index is 11.6. The Morgan fingerprint density at radius 1 is 1.44 bits per heavy atom. The van der Waals surface area contributed by atoms with E-state index in [4.69, 9.17) is 4.74 Å². The average molecular weight is 256 g/mol. The van der Waals surface area contributed by atoms with Gasteiger partial charge in [-0.1, -0.05) is 6.92 Å².